The molecule has 0 aliphatic rings. The number of nitrogens with zero attached hydrogens (tertiary/aromatic N) is 4. The summed E-state index contributed by atoms with van der Waals surface area (Å²) in [6.07, 6.45) is 3.02. The lowest BCUT2D eigenvalue weighted by Gasteiger charge is -2.13. The van der Waals surface area contributed by atoms with Crippen molar-refractivity contribution in [2.75, 3.05) is 19.5 Å². The number of ether oxygens (including phenoxy) is 1. The van der Waals surface area contributed by atoms with E-state index in [2.05, 4.69) is 25.3 Å². The van der Waals surface area contributed by atoms with Crippen molar-refractivity contribution >= 4 is 16.7 Å². The molecule has 6 nitrogen and oxygen atoms in total. The lowest BCUT2D eigenvalue weighted by Crippen LogP contribution is -2.01. The maximum Gasteiger partial charge on any atom is 0.181 e. The van der Waals surface area contributed by atoms with Gasteiger partial charge in [-0.2, -0.15) is 0 Å². The Morgan fingerprint density at radius 1 is 0.964 bits per heavy atom. The van der Waals surface area contributed by atoms with E-state index in [0.29, 0.717) is 45.1 Å². The van der Waals surface area contributed by atoms with Crippen LogP contribution in [-0.2, 0) is 0 Å². The van der Waals surface area contributed by atoms with Gasteiger partial charge in [-0.05, 0) is 41.5 Å². The van der Waals surface area contributed by atoms with E-state index >= 15 is 0 Å². The smallest absolute Gasteiger partial charge is 0.181 e. The SMILES string of the molecule is CNc1nc(-c2ccncn2)nc2c(OC)cc(-c3cc(F)cc(F)c3)cc12. The average molecular weight is 379 g/mol. The van der Waals surface area contributed by atoms with Gasteiger partial charge in [0.05, 0.1) is 7.11 Å². The van der Waals surface area contributed by atoms with Crippen molar-refractivity contribution in [1.82, 2.24) is 19.9 Å². The Hall–Kier alpha value is -3.68. The molecule has 0 radical (unpaired) electrons. The van der Waals surface area contributed by atoms with Gasteiger partial charge in [-0.3, -0.25) is 0 Å². The summed E-state index contributed by atoms with van der Waals surface area (Å²) in [5.74, 6) is 0.0839. The van der Waals surface area contributed by atoms with E-state index in [1.165, 1.54) is 25.6 Å². The zero-order valence-corrected chi connectivity index (χ0v) is 15.1. The van der Waals surface area contributed by atoms with Gasteiger partial charge in [0.1, 0.15) is 40.7 Å². The minimum atomic E-state index is -0.654. The third kappa shape index (κ3) is 3.20. The molecule has 0 amide bonds. The molecule has 8 heteroatoms. The third-order valence-electron chi connectivity index (χ3n) is 4.23. The summed E-state index contributed by atoms with van der Waals surface area (Å²) in [6.45, 7) is 0. The molecule has 0 saturated heterocycles. The Bertz CT molecular complexity index is 1150. The van der Waals surface area contributed by atoms with E-state index in [4.69, 9.17) is 4.74 Å². The molecule has 4 rings (SSSR count). The second kappa shape index (κ2) is 7.15. The molecule has 4 aromatic rings. The highest BCUT2D eigenvalue weighted by Crippen LogP contribution is 2.35. The van der Waals surface area contributed by atoms with E-state index in [9.17, 15) is 8.78 Å². The highest BCUT2D eigenvalue weighted by molar-refractivity contribution is 5.97. The van der Waals surface area contributed by atoms with Gasteiger partial charge in [-0.25, -0.2) is 28.7 Å². The van der Waals surface area contributed by atoms with Gasteiger partial charge in [0.2, 0.25) is 0 Å². The van der Waals surface area contributed by atoms with E-state index in [1.807, 2.05) is 0 Å². The van der Waals surface area contributed by atoms with Gasteiger partial charge < -0.3 is 10.1 Å². The number of hydrogen-bond acceptors (Lipinski definition) is 6. The summed E-state index contributed by atoms with van der Waals surface area (Å²) in [5.41, 5.74) is 2.08. The summed E-state index contributed by atoms with van der Waals surface area (Å²) in [4.78, 5) is 17.2. The van der Waals surface area contributed by atoms with Crippen molar-refractivity contribution in [3.8, 4) is 28.4 Å². The van der Waals surface area contributed by atoms with Gasteiger partial charge in [-0.1, -0.05) is 0 Å². The summed E-state index contributed by atoms with van der Waals surface area (Å²) in [7, 11) is 3.24. The van der Waals surface area contributed by atoms with Crippen LogP contribution < -0.4 is 10.1 Å². The number of nitrogens with one attached hydrogen (secondary N) is 1. The molecule has 0 aliphatic heterocycles. The van der Waals surface area contributed by atoms with Crippen molar-refractivity contribution < 1.29 is 13.5 Å². The van der Waals surface area contributed by atoms with Crippen LogP contribution in [0.2, 0.25) is 0 Å². The number of aromatic nitrogens is 4. The number of rotatable bonds is 4. The van der Waals surface area contributed by atoms with Crippen LogP contribution in [0.5, 0.6) is 5.75 Å². The van der Waals surface area contributed by atoms with E-state index in [0.717, 1.165) is 6.07 Å². The normalized spacial score (nSPS) is 10.9. The summed E-state index contributed by atoms with van der Waals surface area (Å²) in [6, 6.07) is 8.51. The number of methoxy groups -OCH3 is 1. The Morgan fingerprint density at radius 2 is 1.71 bits per heavy atom. The lowest BCUT2D eigenvalue weighted by atomic mass is 10.0. The number of benzene rings is 2. The van der Waals surface area contributed by atoms with Crippen LogP contribution in [0.4, 0.5) is 14.6 Å². The second-order valence-electron chi connectivity index (χ2n) is 5.97. The molecular formula is C20H15F2N5O. The first-order valence-electron chi connectivity index (χ1n) is 8.39. The molecule has 0 saturated carbocycles. The number of anilines is 1. The van der Waals surface area contributed by atoms with Gasteiger partial charge in [0.15, 0.2) is 5.82 Å². The van der Waals surface area contributed by atoms with Crippen molar-refractivity contribution in [3.63, 3.8) is 0 Å². The Kier molecular flexibility index (Phi) is 4.52. The van der Waals surface area contributed by atoms with E-state index in [1.54, 1.807) is 31.4 Å². The first-order chi connectivity index (χ1) is 13.6. The first-order valence-corrected chi connectivity index (χ1v) is 8.39. The van der Waals surface area contributed by atoms with Crippen LogP contribution in [0, 0.1) is 11.6 Å². The topological polar surface area (TPSA) is 72.8 Å². The minimum absolute atomic E-state index is 0.389. The molecule has 0 fully saturated rings. The van der Waals surface area contributed by atoms with Crippen molar-refractivity contribution in [1.29, 1.82) is 0 Å². The third-order valence-corrected chi connectivity index (χ3v) is 4.23. The average Bonchev–Trinajstić information content (AvgIpc) is 2.72. The van der Waals surface area contributed by atoms with Gasteiger partial charge in [0, 0.05) is 24.7 Å². The number of fused-ring (bicyclic) bond motifs is 1. The Labute approximate surface area is 159 Å². The zero-order valence-electron chi connectivity index (χ0n) is 15.1. The number of hydrogen-bond donors (Lipinski definition) is 1. The number of halogens is 2. The van der Waals surface area contributed by atoms with Crippen molar-refractivity contribution in [3.05, 3.63) is 60.6 Å². The predicted molar refractivity (Wildman–Crippen MR) is 102 cm³/mol. The molecule has 2 heterocycles. The molecule has 2 aromatic carbocycles. The molecule has 1 N–H and O–H groups in total. The first kappa shape index (κ1) is 17.7. The summed E-state index contributed by atoms with van der Waals surface area (Å²) in [5, 5.41) is 3.69. The molecule has 0 aliphatic carbocycles. The molecule has 28 heavy (non-hydrogen) atoms. The maximum atomic E-state index is 13.7. The van der Waals surface area contributed by atoms with Crippen LogP contribution in [0.3, 0.4) is 0 Å². The summed E-state index contributed by atoms with van der Waals surface area (Å²) < 4.78 is 32.9. The lowest BCUT2D eigenvalue weighted by molar-refractivity contribution is 0.419. The largest absolute Gasteiger partial charge is 0.494 e. The quantitative estimate of drug-likeness (QED) is 0.576. The standard InChI is InChI=1S/C20H15F2N5O/c1-23-19-15-7-12(11-5-13(21)9-14(22)6-11)8-17(28-2)18(15)26-20(27-19)16-3-4-24-10-25-16/h3-10H,1-2H3,(H,23,26,27). The van der Waals surface area contributed by atoms with Gasteiger partial charge >= 0.3 is 0 Å². The molecular weight excluding hydrogens is 364 g/mol. The minimum Gasteiger partial charge on any atom is -0.494 e. The second-order valence-corrected chi connectivity index (χ2v) is 5.97. The van der Waals surface area contributed by atoms with Crippen LogP contribution >= 0.6 is 0 Å². The highest BCUT2D eigenvalue weighted by atomic mass is 19.1. The Morgan fingerprint density at radius 3 is 2.36 bits per heavy atom. The molecule has 0 atom stereocenters. The monoisotopic (exact) mass is 379 g/mol. The van der Waals surface area contributed by atoms with E-state index in [-0.39, 0.29) is 0 Å². The van der Waals surface area contributed by atoms with Crippen LogP contribution in [0.15, 0.2) is 48.9 Å². The molecule has 0 bridgehead atoms. The molecule has 0 unspecified atom stereocenters. The van der Waals surface area contributed by atoms with Crippen LogP contribution in [0.25, 0.3) is 33.5 Å². The van der Waals surface area contributed by atoms with Crippen molar-refractivity contribution in [2.45, 2.75) is 0 Å². The zero-order chi connectivity index (χ0) is 19.7. The molecule has 0 spiro atoms. The van der Waals surface area contributed by atoms with Crippen LogP contribution in [0.1, 0.15) is 0 Å². The summed E-state index contributed by atoms with van der Waals surface area (Å²) >= 11 is 0. The van der Waals surface area contributed by atoms with Crippen LogP contribution in [-0.4, -0.2) is 34.1 Å². The molecule has 2 aromatic heterocycles. The fraction of sp³-hybridized carbons (Fsp3) is 0.100. The maximum absolute atomic E-state index is 13.7. The fourth-order valence-corrected chi connectivity index (χ4v) is 2.97. The predicted octanol–water partition coefficient (Wildman–Crippen LogP) is 4.08. The highest BCUT2D eigenvalue weighted by Gasteiger charge is 2.16. The fourth-order valence-electron chi connectivity index (χ4n) is 2.97. The Balaban J connectivity index is 1.98. The van der Waals surface area contributed by atoms with Crippen molar-refractivity contribution in [2.24, 2.45) is 0 Å². The van der Waals surface area contributed by atoms with E-state index < -0.39 is 11.6 Å². The molecule has 140 valence electrons. The van der Waals surface area contributed by atoms with Gasteiger partial charge in [-0.15, -0.1) is 0 Å². The van der Waals surface area contributed by atoms with Gasteiger partial charge in [0.25, 0.3) is 0 Å².